The third-order valence-corrected chi connectivity index (χ3v) is 4.24. The van der Waals surface area contributed by atoms with Crippen LogP contribution >= 0.6 is 23.2 Å². The zero-order chi connectivity index (χ0) is 22.1. The summed E-state index contributed by atoms with van der Waals surface area (Å²) < 4.78 is 15.6. The highest BCUT2D eigenvalue weighted by atomic mass is 35.5. The number of methoxy groups -OCH3 is 2. The minimum absolute atomic E-state index is 0.118. The van der Waals surface area contributed by atoms with Gasteiger partial charge in [0.25, 0.3) is 0 Å². The molecule has 0 aliphatic rings. The first kappa shape index (κ1) is 23.3. The van der Waals surface area contributed by atoms with Gasteiger partial charge in [-0.2, -0.15) is 0 Å². The van der Waals surface area contributed by atoms with Crippen molar-refractivity contribution < 1.29 is 28.6 Å². The van der Waals surface area contributed by atoms with Crippen LogP contribution in [0, 0.1) is 0 Å². The number of hydrogen-bond acceptors (Lipinski definition) is 7. The molecule has 0 aromatic heterocycles. The standard InChI is InChI=1S/C21H19Cl2NO6/c1-13(25)30-24-19(12-29-20-9-8-14(22)10-18(20)23)16-7-5-4-6-15(16)17(11-27-2)21(26)28-3/h4-11H,12H2,1-3H3/b17-11+,24-19?. The summed E-state index contributed by atoms with van der Waals surface area (Å²) in [4.78, 5) is 28.4. The Hall–Kier alpha value is -3.03. The van der Waals surface area contributed by atoms with Crippen LogP contribution in [0.5, 0.6) is 5.75 Å². The molecule has 0 atom stereocenters. The maximum atomic E-state index is 12.2. The summed E-state index contributed by atoms with van der Waals surface area (Å²) in [7, 11) is 2.67. The first-order chi connectivity index (χ1) is 14.4. The van der Waals surface area contributed by atoms with Gasteiger partial charge in [-0.1, -0.05) is 52.6 Å². The van der Waals surface area contributed by atoms with Crippen LogP contribution in [0.4, 0.5) is 0 Å². The minimum atomic E-state index is -0.616. The molecule has 2 aromatic rings. The monoisotopic (exact) mass is 451 g/mol. The number of benzene rings is 2. The van der Waals surface area contributed by atoms with Gasteiger partial charge in [-0.3, -0.25) is 0 Å². The Morgan fingerprint density at radius 2 is 1.77 bits per heavy atom. The lowest BCUT2D eigenvalue weighted by Crippen LogP contribution is -2.18. The van der Waals surface area contributed by atoms with Gasteiger partial charge in [0.15, 0.2) is 0 Å². The van der Waals surface area contributed by atoms with Crippen molar-refractivity contribution in [3.63, 3.8) is 0 Å². The van der Waals surface area contributed by atoms with Crippen LogP contribution in [0.2, 0.25) is 10.0 Å². The second kappa shape index (κ2) is 11.2. The molecule has 0 spiro atoms. The summed E-state index contributed by atoms with van der Waals surface area (Å²) in [6.45, 7) is 1.10. The zero-order valence-electron chi connectivity index (χ0n) is 16.5. The highest BCUT2D eigenvalue weighted by molar-refractivity contribution is 6.35. The second-order valence-electron chi connectivity index (χ2n) is 5.79. The van der Waals surface area contributed by atoms with E-state index in [1.54, 1.807) is 36.4 Å². The van der Waals surface area contributed by atoms with Crippen molar-refractivity contribution in [2.75, 3.05) is 20.8 Å². The molecular weight excluding hydrogens is 433 g/mol. The maximum absolute atomic E-state index is 12.2. The van der Waals surface area contributed by atoms with Crippen LogP contribution in [-0.4, -0.2) is 38.5 Å². The van der Waals surface area contributed by atoms with E-state index in [4.69, 9.17) is 42.3 Å². The molecule has 158 valence electrons. The molecule has 9 heteroatoms. The average Bonchev–Trinajstić information content (AvgIpc) is 2.72. The van der Waals surface area contributed by atoms with E-state index in [1.807, 2.05) is 0 Å². The van der Waals surface area contributed by atoms with E-state index >= 15 is 0 Å². The fourth-order valence-electron chi connectivity index (χ4n) is 2.43. The maximum Gasteiger partial charge on any atom is 0.341 e. The number of esters is 1. The van der Waals surface area contributed by atoms with E-state index in [-0.39, 0.29) is 17.9 Å². The van der Waals surface area contributed by atoms with Crippen molar-refractivity contribution in [3.8, 4) is 5.75 Å². The lowest BCUT2D eigenvalue weighted by Gasteiger charge is -2.14. The Bertz CT molecular complexity index is 987. The molecule has 0 radical (unpaired) electrons. The highest BCUT2D eigenvalue weighted by Gasteiger charge is 2.20. The highest BCUT2D eigenvalue weighted by Crippen LogP contribution is 2.28. The van der Waals surface area contributed by atoms with E-state index in [2.05, 4.69) is 5.16 Å². The van der Waals surface area contributed by atoms with Crippen LogP contribution < -0.4 is 4.74 Å². The van der Waals surface area contributed by atoms with Crippen LogP contribution in [0.1, 0.15) is 18.1 Å². The number of nitrogens with zero attached hydrogens (tertiary/aromatic N) is 1. The van der Waals surface area contributed by atoms with Crippen molar-refractivity contribution in [1.82, 2.24) is 0 Å². The Labute approximate surface area is 183 Å². The summed E-state index contributed by atoms with van der Waals surface area (Å²) in [5.74, 6) is -0.873. The number of ether oxygens (including phenoxy) is 3. The largest absolute Gasteiger partial charge is 0.503 e. The molecule has 0 heterocycles. The SMILES string of the molecule is CO/C=C(/C(=O)OC)c1ccccc1C(COc1ccc(Cl)cc1Cl)=NOC(C)=O. The molecule has 0 bridgehead atoms. The molecule has 0 aliphatic carbocycles. The summed E-state index contributed by atoms with van der Waals surface area (Å²) in [5, 5.41) is 4.66. The topological polar surface area (TPSA) is 83.4 Å². The number of oxime groups is 1. The molecular formula is C21H19Cl2NO6. The van der Waals surface area contributed by atoms with Gasteiger partial charge in [0.1, 0.15) is 23.6 Å². The van der Waals surface area contributed by atoms with Crippen LogP contribution in [0.3, 0.4) is 0 Å². The predicted molar refractivity (Wildman–Crippen MR) is 114 cm³/mol. The predicted octanol–water partition coefficient (Wildman–Crippen LogP) is 4.50. The van der Waals surface area contributed by atoms with Gasteiger partial charge in [-0.25, -0.2) is 9.59 Å². The average molecular weight is 452 g/mol. The van der Waals surface area contributed by atoms with Gasteiger partial charge >= 0.3 is 11.9 Å². The van der Waals surface area contributed by atoms with E-state index in [1.165, 1.54) is 33.5 Å². The third kappa shape index (κ3) is 6.23. The molecule has 0 saturated carbocycles. The summed E-state index contributed by atoms with van der Waals surface area (Å²) >= 11 is 12.1. The fourth-order valence-corrected chi connectivity index (χ4v) is 2.89. The second-order valence-corrected chi connectivity index (χ2v) is 6.63. The Morgan fingerprint density at radius 1 is 1.07 bits per heavy atom. The Morgan fingerprint density at radius 3 is 2.37 bits per heavy atom. The van der Waals surface area contributed by atoms with Crippen molar-refractivity contribution >= 4 is 46.4 Å². The van der Waals surface area contributed by atoms with Crippen molar-refractivity contribution in [2.45, 2.75) is 6.92 Å². The van der Waals surface area contributed by atoms with Crippen molar-refractivity contribution in [2.24, 2.45) is 5.16 Å². The number of rotatable bonds is 8. The van der Waals surface area contributed by atoms with Crippen LogP contribution in [0.15, 0.2) is 53.9 Å². The fraction of sp³-hybridized carbons (Fsp3) is 0.190. The zero-order valence-corrected chi connectivity index (χ0v) is 18.0. The first-order valence-electron chi connectivity index (χ1n) is 8.60. The quantitative estimate of drug-likeness (QED) is 0.147. The minimum Gasteiger partial charge on any atom is -0.503 e. The third-order valence-electron chi connectivity index (χ3n) is 3.71. The lowest BCUT2D eigenvalue weighted by molar-refractivity contribution is -0.141. The number of carbonyl (C=O) groups excluding carboxylic acids is 2. The molecule has 0 amide bonds. The van der Waals surface area contributed by atoms with Gasteiger partial charge in [-0.05, 0) is 18.2 Å². The molecule has 0 unspecified atom stereocenters. The summed E-state index contributed by atoms with van der Waals surface area (Å²) in [5.41, 5.74) is 1.30. The van der Waals surface area contributed by atoms with Crippen molar-refractivity contribution in [1.29, 1.82) is 0 Å². The molecule has 7 nitrogen and oxygen atoms in total. The molecule has 2 aromatic carbocycles. The van der Waals surface area contributed by atoms with Gasteiger partial charge in [0.05, 0.1) is 25.5 Å². The first-order valence-corrected chi connectivity index (χ1v) is 9.36. The molecule has 0 N–H and O–H groups in total. The van der Waals surface area contributed by atoms with Crippen LogP contribution in [0.25, 0.3) is 5.57 Å². The molecule has 0 saturated heterocycles. The summed E-state index contributed by atoms with van der Waals surface area (Å²) in [6.07, 6.45) is 1.25. The number of carbonyl (C=O) groups is 2. The molecule has 0 fully saturated rings. The van der Waals surface area contributed by atoms with E-state index in [0.717, 1.165) is 0 Å². The van der Waals surface area contributed by atoms with Gasteiger partial charge in [0.2, 0.25) is 0 Å². The lowest BCUT2D eigenvalue weighted by atomic mass is 9.97. The summed E-state index contributed by atoms with van der Waals surface area (Å²) in [6, 6.07) is 11.6. The van der Waals surface area contributed by atoms with Crippen molar-refractivity contribution in [3.05, 3.63) is 69.9 Å². The normalized spacial score (nSPS) is 11.6. The smallest absolute Gasteiger partial charge is 0.341 e. The van der Waals surface area contributed by atoms with E-state index in [0.29, 0.717) is 26.9 Å². The number of halogens is 2. The molecule has 30 heavy (non-hydrogen) atoms. The van der Waals surface area contributed by atoms with Gasteiger partial charge < -0.3 is 19.0 Å². The Kier molecular flexibility index (Phi) is 8.70. The number of hydrogen-bond donors (Lipinski definition) is 0. The molecule has 2 rings (SSSR count). The Balaban J connectivity index is 2.47. The van der Waals surface area contributed by atoms with E-state index < -0.39 is 11.9 Å². The van der Waals surface area contributed by atoms with Gasteiger partial charge in [-0.15, -0.1) is 0 Å². The molecule has 0 aliphatic heterocycles. The van der Waals surface area contributed by atoms with Gasteiger partial charge in [0, 0.05) is 23.1 Å². The van der Waals surface area contributed by atoms with Crippen LogP contribution in [-0.2, 0) is 23.9 Å². The van der Waals surface area contributed by atoms with E-state index in [9.17, 15) is 9.59 Å².